The van der Waals surface area contributed by atoms with E-state index in [2.05, 4.69) is 20.8 Å². The molecule has 1 aromatic rings. The van der Waals surface area contributed by atoms with Gasteiger partial charge in [0.15, 0.2) is 6.33 Å². The molecule has 0 aliphatic heterocycles. The Balaban J connectivity index is 2.14. The number of aliphatic carboxylic acids is 1. The van der Waals surface area contributed by atoms with Gasteiger partial charge >= 0.3 is 12.0 Å². The van der Waals surface area contributed by atoms with Crippen molar-refractivity contribution in [1.82, 2.24) is 20.8 Å². The maximum atomic E-state index is 11.3. The summed E-state index contributed by atoms with van der Waals surface area (Å²) >= 11 is 0. The van der Waals surface area contributed by atoms with Gasteiger partial charge in [0.05, 0.1) is 6.42 Å². The minimum Gasteiger partial charge on any atom is -0.481 e. The Kier molecular flexibility index (Phi) is 4.92. The van der Waals surface area contributed by atoms with Gasteiger partial charge in [0, 0.05) is 19.0 Å². The Bertz CT molecular complexity index is 365. The summed E-state index contributed by atoms with van der Waals surface area (Å²) in [5.74, 6) is -0.521. The summed E-state index contributed by atoms with van der Waals surface area (Å²) in [7, 11) is 0. The summed E-state index contributed by atoms with van der Waals surface area (Å²) in [5, 5.41) is 17.0. The van der Waals surface area contributed by atoms with E-state index >= 15 is 0 Å². The fraction of sp³-hybridized carbons (Fsp3) is 0.556. The maximum Gasteiger partial charge on any atom is 0.315 e. The summed E-state index contributed by atoms with van der Waals surface area (Å²) in [6.45, 7) is 1.96. The van der Waals surface area contributed by atoms with Crippen molar-refractivity contribution < 1.29 is 19.2 Å². The van der Waals surface area contributed by atoms with E-state index in [1.165, 1.54) is 6.33 Å². The van der Waals surface area contributed by atoms with E-state index in [1.807, 2.05) is 0 Å². The summed E-state index contributed by atoms with van der Waals surface area (Å²) < 4.78 is 4.74. The first-order valence-corrected chi connectivity index (χ1v) is 5.09. The summed E-state index contributed by atoms with van der Waals surface area (Å²) in [6, 6.07) is -0.839. The number of carbonyl (C=O) groups excluding carboxylic acids is 1. The molecule has 0 saturated heterocycles. The number of amides is 2. The van der Waals surface area contributed by atoms with Crippen LogP contribution in [-0.2, 0) is 11.2 Å². The van der Waals surface area contributed by atoms with Crippen LogP contribution in [0.15, 0.2) is 10.9 Å². The molecular formula is C9H14N4O4. The van der Waals surface area contributed by atoms with E-state index in [0.717, 1.165) is 0 Å². The van der Waals surface area contributed by atoms with Crippen LogP contribution in [0, 0.1) is 0 Å². The molecule has 0 saturated carbocycles. The number of carbonyl (C=O) groups is 2. The van der Waals surface area contributed by atoms with Crippen molar-refractivity contribution in [2.75, 3.05) is 6.54 Å². The average Bonchev–Trinajstić information content (AvgIpc) is 2.68. The van der Waals surface area contributed by atoms with Crippen molar-refractivity contribution in [2.45, 2.75) is 25.8 Å². The molecule has 2 amide bonds. The van der Waals surface area contributed by atoms with Gasteiger partial charge in [-0.05, 0) is 6.92 Å². The molecule has 8 nitrogen and oxygen atoms in total. The van der Waals surface area contributed by atoms with Crippen LogP contribution < -0.4 is 10.6 Å². The first kappa shape index (κ1) is 12.9. The van der Waals surface area contributed by atoms with Crippen LogP contribution in [0.2, 0.25) is 0 Å². The highest BCUT2D eigenvalue weighted by atomic mass is 16.5. The van der Waals surface area contributed by atoms with E-state index in [0.29, 0.717) is 18.9 Å². The molecule has 0 spiro atoms. The molecule has 1 rings (SSSR count). The van der Waals surface area contributed by atoms with Crippen LogP contribution in [0.4, 0.5) is 4.79 Å². The third-order valence-electron chi connectivity index (χ3n) is 1.89. The van der Waals surface area contributed by atoms with E-state index in [9.17, 15) is 9.59 Å². The fourth-order valence-corrected chi connectivity index (χ4v) is 1.18. The van der Waals surface area contributed by atoms with Crippen molar-refractivity contribution in [3.8, 4) is 0 Å². The van der Waals surface area contributed by atoms with E-state index in [-0.39, 0.29) is 6.42 Å². The first-order valence-electron chi connectivity index (χ1n) is 5.09. The molecular weight excluding hydrogens is 228 g/mol. The number of carboxylic acids is 1. The summed E-state index contributed by atoms with van der Waals surface area (Å²) in [4.78, 5) is 25.4. The van der Waals surface area contributed by atoms with E-state index in [4.69, 9.17) is 9.63 Å². The molecule has 0 aliphatic rings. The van der Waals surface area contributed by atoms with Gasteiger partial charge in [0.1, 0.15) is 0 Å². The standard InChI is InChI=1S/C9H14N4O4/c1-6(4-8(14)15)13-9(16)10-3-2-7-11-5-12-17-7/h5-6H,2-4H2,1H3,(H,14,15)(H2,10,13,16). The zero-order chi connectivity index (χ0) is 12.7. The summed E-state index contributed by atoms with van der Waals surface area (Å²) in [5.41, 5.74) is 0. The minimum absolute atomic E-state index is 0.114. The summed E-state index contributed by atoms with van der Waals surface area (Å²) in [6.07, 6.45) is 1.60. The Labute approximate surface area is 97.4 Å². The van der Waals surface area contributed by atoms with Crippen molar-refractivity contribution in [2.24, 2.45) is 0 Å². The number of nitrogens with zero attached hydrogens (tertiary/aromatic N) is 2. The molecule has 17 heavy (non-hydrogen) atoms. The lowest BCUT2D eigenvalue weighted by Gasteiger charge is -2.11. The molecule has 1 unspecified atom stereocenters. The van der Waals surface area contributed by atoms with Gasteiger partial charge in [0.25, 0.3) is 0 Å². The first-order chi connectivity index (χ1) is 8.08. The van der Waals surface area contributed by atoms with Crippen LogP contribution in [0.3, 0.4) is 0 Å². The number of nitrogens with one attached hydrogen (secondary N) is 2. The molecule has 0 bridgehead atoms. The average molecular weight is 242 g/mol. The van der Waals surface area contributed by atoms with Crippen molar-refractivity contribution in [3.05, 3.63) is 12.2 Å². The largest absolute Gasteiger partial charge is 0.481 e. The smallest absolute Gasteiger partial charge is 0.315 e. The topological polar surface area (TPSA) is 117 Å². The molecule has 3 N–H and O–H groups in total. The van der Waals surface area contributed by atoms with Gasteiger partial charge in [-0.25, -0.2) is 4.79 Å². The van der Waals surface area contributed by atoms with Crippen LogP contribution in [-0.4, -0.2) is 39.8 Å². The van der Waals surface area contributed by atoms with E-state index in [1.54, 1.807) is 6.92 Å². The maximum absolute atomic E-state index is 11.3. The molecule has 0 aliphatic carbocycles. The molecule has 0 aromatic carbocycles. The van der Waals surface area contributed by atoms with Gasteiger partial charge in [-0.15, -0.1) is 0 Å². The second kappa shape index (κ2) is 6.46. The van der Waals surface area contributed by atoms with Gasteiger partial charge in [-0.1, -0.05) is 5.16 Å². The third-order valence-corrected chi connectivity index (χ3v) is 1.89. The Morgan fingerprint density at radius 2 is 2.35 bits per heavy atom. The predicted octanol–water partition coefficient (Wildman–Crippen LogP) is -0.225. The quantitative estimate of drug-likeness (QED) is 0.634. The normalized spacial score (nSPS) is 11.8. The van der Waals surface area contributed by atoms with Crippen LogP contribution in [0.1, 0.15) is 19.2 Å². The molecule has 1 atom stereocenters. The van der Waals surface area contributed by atoms with Gasteiger partial charge < -0.3 is 20.3 Å². The van der Waals surface area contributed by atoms with Crippen LogP contribution in [0.5, 0.6) is 0 Å². The lowest BCUT2D eigenvalue weighted by Crippen LogP contribution is -2.42. The lowest BCUT2D eigenvalue weighted by atomic mass is 10.2. The van der Waals surface area contributed by atoms with Crippen molar-refractivity contribution >= 4 is 12.0 Å². The van der Waals surface area contributed by atoms with E-state index < -0.39 is 18.0 Å². The molecule has 1 heterocycles. The van der Waals surface area contributed by atoms with Gasteiger partial charge in [0.2, 0.25) is 5.89 Å². The fourth-order valence-electron chi connectivity index (χ4n) is 1.18. The Hall–Kier alpha value is -2.12. The van der Waals surface area contributed by atoms with Crippen molar-refractivity contribution in [3.63, 3.8) is 0 Å². The number of carboxylic acid groups (broad SMARTS) is 1. The van der Waals surface area contributed by atoms with Crippen molar-refractivity contribution in [1.29, 1.82) is 0 Å². The molecule has 94 valence electrons. The second-order valence-corrected chi connectivity index (χ2v) is 3.48. The van der Waals surface area contributed by atoms with Crippen LogP contribution in [0.25, 0.3) is 0 Å². The number of urea groups is 1. The monoisotopic (exact) mass is 242 g/mol. The predicted molar refractivity (Wildman–Crippen MR) is 56.3 cm³/mol. The zero-order valence-corrected chi connectivity index (χ0v) is 9.34. The van der Waals surface area contributed by atoms with Crippen LogP contribution >= 0.6 is 0 Å². The molecule has 0 fully saturated rings. The number of hydrogen-bond donors (Lipinski definition) is 3. The minimum atomic E-state index is -0.955. The zero-order valence-electron chi connectivity index (χ0n) is 9.34. The molecule has 8 heteroatoms. The van der Waals surface area contributed by atoms with Gasteiger partial charge in [-0.2, -0.15) is 4.98 Å². The second-order valence-electron chi connectivity index (χ2n) is 3.48. The van der Waals surface area contributed by atoms with Gasteiger partial charge in [-0.3, -0.25) is 4.79 Å². The molecule has 1 aromatic heterocycles. The Morgan fingerprint density at radius 1 is 1.59 bits per heavy atom. The SMILES string of the molecule is CC(CC(=O)O)NC(=O)NCCc1ncno1. The Morgan fingerprint density at radius 3 is 2.94 bits per heavy atom. The number of hydrogen-bond acceptors (Lipinski definition) is 5. The third kappa shape index (κ3) is 5.50. The highest BCUT2D eigenvalue weighted by Gasteiger charge is 2.10. The lowest BCUT2D eigenvalue weighted by molar-refractivity contribution is -0.137. The number of aromatic nitrogens is 2. The number of rotatable bonds is 6. The molecule has 0 radical (unpaired) electrons. The highest BCUT2D eigenvalue weighted by Crippen LogP contribution is 1.92. The highest BCUT2D eigenvalue weighted by molar-refractivity contribution is 5.75.